The minimum atomic E-state index is -0.268. The molecule has 0 atom stereocenters. The van der Waals surface area contributed by atoms with Crippen LogP contribution in [0, 0.1) is 0 Å². The molecule has 0 unspecified atom stereocenters. The first-order valence-electron chi connectivity index (χ1n) is 4.55. The van der Waals surface area contributed by atoms with Crippen LogP contribution in [0.15, 0.2) is 12.2 Å². The predicted molar refractivity (Wildman–Crippen MR) is 63.7 cm³/mol. The van der Waals surface area contributed by atoms with Crippen LogP contribution in [-0.4, -0.2) is 27.7 Å². The summed E-state index contributed by atoms with van der Waals surface area (Å²) in [6.45, 7) is 9.62. The standard InChI is InChI=1S/C10H16O2S2/c1-7(2)9(11)12-8-5-13-10(3,4)14-6-8/h8H,1,5-6H2,2-4H3. The first-order valence-corrected chi connectivity index (χ1v) is 6.52. The molecule has 0 saturated carbocycles. The largest absolute Gasteiger partial charge is 0.457 e. The Labute approximate surface area is 93.8 Å². The lowest BCUT2D eigenvalue weighted by Crippen LogP contribution is -2.31. The number of hydrogen-bond donors (Lipinski definition) is 0. The maximum atomic E-state index is 11.2. The first kappa shape index (κ1) is 12.0. The number of esters is 1. The van der Waals surface area contributed by atoms with Gasteiger partial charge in [0, 0.05) is 17.1 Å². The molecular weight excluding hydrogens is 216 g/mol. The van der Waals surface area contributed by atoms with Gasteiger partial charge in [0.25, 0.3) is 0 Å². The quantitative estimate of drug-likeness (QED) is 0.540. The van der Waals surface area contributed by atoms with E-state index >= 15 is 0 Å². The number of hydrogen-bond acceptors (Lipinski definition) is 4. The van der Waals surface area contributed by atoms with E-state index < -0.39 is 0 Å². The van der Waals surface area contributed by atoms with E-state index in [4.69, 9.17) is 4.74 Å². The minimum Gasteiger partial charge on any atom is -0.457 e. The van der Waals surface area contributed by atoms with Gasteiger partial charge in [0.05, 0.1) is 4.08 Å². The highest BCUT2D eigenvalue weighted by Crippen LogP contribution is 2.41. The maximum Gasteiger partial charge on any atom is 0.333 e. The molecule has 0 aliphatic carbocycles. The van der Waals surface area contributed by atoms with Gasteiger partial charge in [-0.25, -0.2) is 4.79 Å². The summed E-state index contributed by atoms with van der Waals surface area (Å²) < 4.78 is 5.52. The molecule has 0 N–H and O–H groups in total. The summed E-state index contributed by atoms with van der Waals surface area (Å²) in [5, 5.41) is 0. The Balaban J connectivity index is 2.36. The lowest BCUT2D eigenvalue weighted by molar-refractivity contribution is -0.142. The fourth-order valence-electron chi connectivity index (χ4n) is 0.997. The lowest BCUT2D eigenvalue weighted by atomic mass is 10.3. The molecule has 1 fully saturated rings. The molecule has 1 aliphatic rings. The Morgan fingerprint density at radius 3 is 2.36 bits per heavy atom. The molecule has 0 spiro atoms. The van der Waals surface area contributed by atoms with Gasteiger partial charge in [0.1, 0.15) is 6.10 Å². The molecule has 0 radical (unpaired) electrons. The maximum absolute atomic E-state index is 11.2. The highest BCUT2D eigenvalue weighted by Gasteiger charge is 2.29. The summed E-state index contributed by atoms with van der Waals surface area (Å²) in [6, 6.07) is 0. The Bertz CT molecular complexity index is 239. The molecule has 0 bridgehead atoms. The normalized spacial score (nSPS) is 21.6. The highest BCUT2D eigenvalue weighted by molar-refractivity contribution is 8.18. The average molecular weight is 232 g/mol. The van der Waals surface area contributed by atoms with Gasteiger partial charge in [-0.15, -0.1) is 23.5 Å². The fraction of sp³-hybridized carbons (Fsp3) is 0.700. The molecule has 4 heteroatoms. The van der Waals surface area contributed by atoms with Gasteiger partial charge in [0.15, 0.2) is 0 Å². The second-order valence-corrected chi connectivity index (χ2v) is 7.37. The van der Waals surface area contributed by atoms with Gasteiger partial charge in [-0.2, -0.15) is 0 Å². The van der Waals surface area contributed by atoms with E-state index in [0.717, 1.165) is 11.5 Å². The predicted octanol–water partition coefficient (Wildman–Crippen LogP) is 2.69. The second kappa shape index (κ2) is 4.62. The molecule has 2 nitrogen and oxygen atoms in total. The zero-order valence-electron chi connectivity index (χ0n) is 8.83. The third kappa shape index (κ3) is 3.58. The van der Waals surface area contributed by atoms with Crippen LogP contribution in [0.25, 0.3) is 0 Å². The van der Waals surface area contributed by atoms with E-state index in [-0.39, 0.29) is 16.2 Å². The van der Waals surface area contributed by atoms with Crippen LogP contribution >= 0.6 is 23.5 Å². The molecule has 1 saturated heterocycles. The van der Waals surface area contributed by atoms with Crippen molar-refractivity contribution < 1.29 is 9.53 Å². The highest BCUT2D eigenvalue weighted by atomic mass is 32.2. The molecule has 80 valence electrons. The summed E-state index contributed by atoms with van der Waals surface area (Å²) in [5.41, 5.74) is 0.477. The van der Waals surface area contributed by atoms with Crippen molar-refractivity contribution in [1.29, 1.82) is 0 Å². The van der Waals surface area contributed by atoms with Gasteiger partial charge in [-0.3, -0.25) is 0 Å². The van der Waals surface area contributed by atoms with Crippen LogP contribution in [0.3, 0.4) is 0 Å². The van der Waals surface area contributed by atoms with Gasteiger partial charge in [-0.05, 0) is 20.8 Å². The SMILES string of the molecule is C=C(C)C(=O)OC1CSC(C)(C)SC1. The Morgan fingerprint density at radius 2 is 1.93 bits per heavy atom. The summed E-state index contributed by atoms with van der Waals surface area (Å²) in [6.07, 6.45) is 0.0437. The first-order chi connectivity index (χ1) is 6.41. The topological polar surface area (TPSA) is 26.3 Å². The smallest absolute Gasteiger partial charge is 0.333 e. The number of rotatable bonds is 2. The van der Waals surface area contributed by atoms with Crippen molar-refractivity contribution in [3.8, 4) is 0 Å². The van der Waals surface area contributed by atoms with Crippen molar-refractivity contribution in [3.63, 3.8) is 0 Å². The molecule has 14 heavy (non-hydrogen) atoms. The molecule has 1 aliphatic heterocycles. The van der Waals surface area contributed by atoms with Crippen LogP contribution in [0.5, 0.6) is 0 Å². The van der Waals surface area contributed by atoms with Crippen molar-refractivity contribution in [2.24, 2.45) is 0 Å². The molecule has 1 rings (SSSR count). The second-order valence-electron chi connectivity index (χ2n) is 3.83. The van der Waals surface area contributed by atoms with Crippen LogP contribution in [0.2, 0.25) is 0 Å². The van der Waals surface area contributed by atoms with Crippen molar-refractivity contribution in [2.45, 2.75) is 31.0 Å². The minimum absolute atomic E-state index is 0.0437. The Kier molecular flexibility index (Phi) is 3.95. The van der Waals surface area contributed by atoms with Crippen LogP contribution in [0.4, 0.5) is 0 Å². The van der Waals surface area contributed by atoms with Crippen molar-refractivity contribution >= 4 is 29.5 Å². The Hall–Kier alpha value is -0.0900. The number of carbonyl (C=O) groups is 1. The molecule has 0 aromatic rings. The molecular formula is C10H16O2S2. The number of thioether (sulfide) groups is 2. The monoisotopic (exact) mass is 232 g/mol. The average Bonchev–Trinajstić information content (AvgIpc) is 2.08. The van der Waals surface area contributed by atoms with Crippen molar-refractivity contribution in [3.05, 3.63) is 12.2 Å². The van der Waals surface area contributed by atoms with E-state index in [1.54, 1.807) is 6.92 Å². The zero-order chi connectivity index (χ0) is 10.8. The van der Waals surface area contributed by atoms with E-state index in [9.17, 15) is 4.79 Å². The van der Waals surface area contributed by atoms with Crippen molar-refractivity contribution in [1.82, 2.24) is 0 Å². The van der Waals surface area contributed by atoms with Crippen LogP contribution in [-0.2, 0) is 9.53 Å². The summed E-state index contributed by atoms with van der Waals surface area (Å²) in [7, 11) is 0. The molecule has 0 amide bonds. The van der Waals surface area contributed by atoms with Gasteiger partial charge in [0.2, 0.25) is 0 Å². The van der Waals surface area contributed by atoms with Crippen molar-refractivity contribution in [2.75, 3.05) is 11.5 Å². The summed E-state index contributed by atoms with van der Waals surface area (Å²) in [5.74, 6) is 1.51. The fourth-order valence-corrected chi connectivity index (χ4v) is 3.43. The summed E-state index contributed by atoms with van der Waals surface area (Å²) >= 11 is 3.68. The molecule has 0 aromatic carbocycles. The van der Waals surface area contributed by atoms with Gasteiger partial charge < -0.3 is 4.74 Å². The lowest BCUT2D eigenvalue weighted by Gasteiger charge is -2.32. The molecule has 0 aromatic heterocycles. The zero-order valence-corrected chi connectivity index (χ0v) is 10.5. The van der Waals surface area contributed by atoms with E-state index in [0.29, 0.717) is 5.57 Å². The summed E-state index contributed by atoms with van der Waals surface area (Å²) in [4.78, 5) is 11.2. The van der Waals surface area contributed by atoms with E-state index in [1.165, 1.54) is 0 Å². The van der Waals surface area contributed by atoms with Gasteiger partial charge in [-0.1, -0.05) is 6.58 Å². The Morgan fingerprint density at radius 1 is 1.43 bits per heavy atom. The third-order valence-corrected chi connectivity index (χ3v) is 5.03. The molecule has 1 heterocycles. The van der Waals surface area contributed by atoms with E-state index in [1.807, 2.05) is 23.5 Å². The van der Waals surface area contributed by atoms with Crippen LogP contribution < -0.4 is 0 Å². The van der Waals surface area contributed by atoms with Gasteiger partial charge >= 0.3 is 5.97 Å². The number of ether oxygens (including phenoxy) is 1. The van der Waals surface area contributed by atoms with E-state index in [2.05, 4.69) is 20.4 Å². The van der Waals surface area contributed by atoms with Crippen LogP contribution in [0.1, 0.15) is 20.8 Å². The third-order valence-electron chi connectivity index (χ3n) is 1.86. The number of carbonyl (C=O) groups excluding carboxylic acids is 1.